The van der Waals surface area contributed by atoms with Gasteiger partial charge in [0.1, 0.15) is 5.78 Å². The molecule has 0 aliphatic heterocycles. The molecule has 0 radical (unpaired) electrons. The van der Waals surface area contributed by atoms with Gasteiger partial charge in [0.2, 0.25) is 0 Å². The number of benzene rings is 1. The molecule has 2 aromatic rings. The van der Waals surface area contributed by atoms with Crippen LogP contribution in [0.25, 0.3) is 11.1 Å². The molecule has 0 unspecified atom stereocenters. The van der Waals surface area contributed by atoms with Crippen molar-refractivity contribution in [2.75, 3.05) is 0 Å². The van der Waals surface area contributed by atoms with Crippen molar-refractivity contribution in [2.45, 2.75) is 26.2 Å². The van der Waals surface area contributed by atoms with Crippen LogP contribution in [0.15, 0.2) is 29.2 Å². The van der Waals surface area contributed by atoms with E-state index in [4.69, 9.17) is 11.6 Å². The summed E-state index contributed by atoms with van der Waals surface area (Å²) in [6, 6.07) is 5.82. The minimum Gasteiger partial charge on any atom is -0.318 e. The highest BCUT2D eigenvalue weighted by atomic mass is 35.5. The molecule has 1 aromatic carbocycles. The van der Waals surface area contributed by atoms with Gasteiger partial charge in [-0.15, -0.1) is 0 Å². The molecule has 108 valence electrons. The van der Waals surface area contributed by atoms with Crippen molar-refractivity contribution in [2.24, 2.45) is 7.05 Å². The molecule has 1 heterocycles. The summed E-state index contributed by atoms with van der Waals surface area (Å²) in [6.45, 7) is 1.80. The maximum absolute atomic E-state index is 11.8. The van der Waals surface area contributed by atoms with Crippen LogP contribution in [-0.4, -0.2) is 10.4 Å². The molecule has 0 spiro atoms. The van der Waals surface area contributed by atoms with Crippen LogP contribution < -0.4 is 5.56 Å². The van der Waals surface area contributed by atoms with Crippen LogP contribution in [0, 0.1) is 6.92 Å². The van der Waals surface area contributed by atoms with Crippen LogP contribution in [0.3, 0.4) is 0 Å². The molecule has 1 aliphatic carbocycles. The first-order chi connectivity index (χ1) is 9.95. The summed E-state index contributed by atoms with van der Waals surface area (Å²) in [5, 5.41) is 0.710. The summed E-state index contributed by atoms with van der Waals surface area (Å²) in [5.41, 5.74) is 4.68. The molecule has 0 N–H and O–H groups in total. The number of carbonyl (C=O) groups excluding carboxylic acids is 1. The minimum absolute atomic E-state index is 0.00187. The van der Waals surface area contributed by atoms with Crippen LogP contribution in [0.1, 0.15) is 23.1 Å². The zero-order valence-corrected chi connectivity index (χ0v) is 12.8. The monoisotopic (exact) mass is 301 g/mol. The second-order valence-electron chi connectivity index (χ2n) is 5.64. The third-order valence-corrected chi connectivity index (χ3v) is 4.36. The third kappa shape index (κ3) is 2.54. The predicted molar refractivity (Wildman–Crippen MR) is 83.9 cm³/mol. The van der Waals surface area contributed by atoms with E-state index in [2.05, 4.69) is 0 Å². The van der Waals surface area contributed by atoms with Gasteiger partial charge < -0.3 is 4.57 Å². The Hall–Kier alpha value is -1.87. The molecular formula is C17H16ClNO2. The normalized spacial score (nSPS) is 14.1. The zero-order valence-electron chi connectivity index (χ0n) is 12.1. The minimum atomic E-state index is -0.00187. The van der Waals surface area contributed by atoms with E-state index in [0.717, 1.165) is 28.7 Å². The van der Waals surface area contributed by atoms with Crippen molar-refractivity contribution in [3.05, 3.63) is 56.5 Å². The van der Waals surface area contributed by atoms with E-state index in [1.54, 1.807) is 24.7 Å². The van der Waals surface area contributed by atoms with Crippen molar-refractivity contribution in [3.8, 4) is 11.1 Å². The molecule has 21 heavy (non-hydrogen) atoms. The number of carbonyl (C=O) groups is 1. The number of pyridine rings is 1. The van der Waals surface area contributed by atoms with Gasteiger partial charge in [0.15, 0.2) is 0 Å². The topological polar surface area (TPSA) is 39.1 Å². The lowest BCUT2D eigenvalue weighted by Gasteiger charge is -2.18. The second-order valence-corrected chi connectivity index (χ2v) is 6.05. The SMILES string of the molecule is Cc1cc(-c2cc(Cl)c3c(c2)CC(=O)CC3)cn(C)c1=O. The maximum Gasteiger partial charge on any atom is 0.253 e. The van der Waals surface area contributed by atoms with E-state index in [1.165, 1.54) is 0 Å². The van der Waals surface area contributed by atoms with Gasteiger partial charge in [0.25, 0.3) is 5.56 Å². The molecule has 0 bridgehead atoms. The van der Waals surface area contributed by atoms with Gasteiger partial charge in [-0.25, -0.2) is 0 Å². The number of halogens is 1. The van der Waals surface area contributed by atoms with E-state index >= 15 is 0 Å². The van der Waals surface area contributed by atoms with Gasteiger partial charge in [-0.1, -0.05) is 17.7 Å². The number of nitrogens with zero attached hydrogens (tertiary/aromatic N) is 1. The highest BCUT2D eigenvalue weighted by molar-refractivity contribution is 6.32. The van der Waals surface area contributed by atoms with Crippen LogP contribution in [0.4, 0.5) is 0 Å². The first-order valence-corrected chi connectivity index (χ1v) is 7.34. The van der Waals surface area contributed by atoms with E-state index < -0.39 is 0 Å². The smallest absolute Gasteiger partial charge is 0.253 e. The summed E-state index contributed by atoms with van der Waals surface area (Å²) < 4.78 is 1.57. The second kappa shape index (κ2) is 5.15. The lowest BCUT2D eigenvalue weighted by Crippen LogP contribution is -2.18. The van der Waals surface area contributed by atoms with E-state index in [9.17, 15) is 9.59 Å². The predicted octanol–water partition coefficient (Wildman–Crippen LogP) is 3.07. The fourth-order valence-electron chi connectivity index (χ4n) is 2.90. The molecule has 1 aromatic heterocycles. The van der Waals surface area contributed by atoms with Crippen molar-refractivity contribution in [1.82, 2.24) is 4.57 Å². The Morgan fingerprint density at radius 3 is 2.57 bits per heavy atom. The van der Waals surface area contributed by atoms with Crippen LogP contribution in [0.5, 0.6) is 0 Å². The lowest BCUT2D eigenvalue weighted by molar-refractivity contribution is -0.118. The summed E-state index contributed by atoms with van der Waals surface area (Å²) in [4.78, 5) is 23.4. The van der Waals surface area contributed by atoms with Gasteiger partial charge in [-0.2, -0.15) is 0 Å². The van der Waals surface area contributed by atoms with Gasteiger partial charge in [-0.05, 0) is 47.7 Å². The Balaban J connectivity index is 2.16. The number of hydrogen-bond donors (Lipinski definition) is 0. The van der Waals surface area contributed by atoms with Crippen LogP contribution >= 0.6 is 11.6 Å². The van der Waals surface area contributed by atoms with Crippen molar-refractivity contribution in [1.29, 1.82) is 0 Å². The molecule has 0 saturated carbocycles. The summed E-state index contributed by atoms with van der Waals surface area (Å²) in [6.07, 6.45) is 3.55. The summed E-state index contributed by atoms with van der Waals surface area (Å²) in [7, 11) is 1.74. The van der Waals surface area contributed by atoms with E-state index in [-0.39, 0.29) is 11.3 Å². The highest BCUT2D eigenvalue weighted by Gasteiger charge is 2.19. The Morgan fingerprint density at radius 1 is 1.10 bits per heavy atom. The van der Waals surface area contributed by atoms with Gasteiger partial charge in [-0.3, -0.25) is 9.59 Å². The van der Waals surface area contributed by atoms with Crippen molar-refractivity contribution < 1.29 is 4.79 Å². The summed E-state index contributed by atoms with van der Waals surface area (Å²) in [5.74, 6) is 0.257. The molecule has 3 rings (SSSR count). The first-order valence-electron chi connectivity index (χ1n) is 6.96. The zero-order chi connectivity index (χ0) is 15.1. The van der Waals surface area contributed by atoms with Gasteiger partial charge in [0.05, 0.1) is 0 Å². The Kier molecular flexibility index (Phi) is 3.46. The number of Topliss-reactive ketones (excluding diaryl/α,β-unsaturated/α-hetero) is 1. The number of rotatable bonds is 1. The van der Waals surface area contributed by atoms with E-state index in [1.807, 2.05) is 18.2 Å². The van der Waals surface area contributed by atoms with Crippen LogP contribution in [0.2, 0.25) is 5.02 Å². The highest BCUT2D eigenvalue weighted by Crippen LogP contribution is 2.32. The third-order valence-electron chi connectivity index (χ3n) is 4.03. The molecular weight excluding hydrogens is 286 g/mol. The van der Waals surface area contributed by atoms with Gasteiger partial charge >= 0.3 is 0 Å². The van der Waals surface area contributed by atoms with E-state index in [0.29, 0.717) is 23.4 Å². The number of hydrogen-bond acceptors (Lipinski definition) is 2. The number of ketones is 1. The standard InChI is InChI=1S/C17H16ClNO2/c1-10-5-13(9-19(2)17(10)21)11-6-12-7-14(20)3-4-15(12)16(18)8-11/h5-6,8-9H,3-4,7H2,1-2H3. The molecule has 3 nitrogen and oxygen atoms in total. The molecule has 0 amide bonds. The first kappa shape index (κ1) is 14.1. The average Bonchev–Trinajstić information content (AvgIpc) is 2.43. The number of aromatic nitrogens is 1. The number of aryl methyl sites for hydroxylation is 2. The van der Waals surface area contributed by atoms with Crippen molar-refractivity contribution >= 4 is 17.4 Å². The van der Waals surface area contributed by atoms with Crippen molar-refractivity contribution in [3.63, 3.8) is 0 Å². The van der Waals surface area contributed by atoms with Gasteiger partial charge in [0, 0.05) is 36.7 Å². The fourth-order valence-corrected chi connectivity index (χ4v) is 3.23. The van der Waals surface area contributed by atoms with Crippen LogP contribution in [-0.2, 0) is 24.7 Å². The Labute approximate surface area is 128 Å². The Morgan fingerprint density at radius 2 is 1.86 bits per heavy atom. The maximum atomic E-state index is 11.8. The quantitative estimate of drug-likeness (QED) is 0.812. The molecule has 1 aliphatic rings. The molecule has 4 heteroatoms. The fraction of sp³-hybridized carbons (Fsp3) is 0.294. The summed E-state index contributed by atoms with van der Waals surface area (Å²) >= 11 is 6.38. The molecule has 0 saturated heterocycles. The number of fused-ring (bicyclic) bond motifs is 1. The Bertz CT molecular complexity index is 779. The average molecular weight is 302 g/mol. The molecule has 0 fully saturated rings. The molecule has 0 atom stereocenters. The largest absolute Gasteiger partial charge is 0.318 e. The lowest BCUT2D eigenvalue weighted by atomic mass is 9.88.